The molecule has 1 aliphatic carbocycles. The molecule has 3 aromatic rings. The zero-order valence-electron chi connectivity index (χ0n) is 13.4. The Morgan fingerprint density at radius 2 is 1.92 bits per heavy atom. The Bertz CT molecular complexity index is 832. The smallest absolute Gasteiger partial charge is 0.261 e. The van der Waals surface area contributed by atoms with Gasteiger partial charge >= 0.3 is 0 Å². The van der Waals surface area contributed by atoms with Crippen molar-refractivity contribution in [1.82, 2.24) is 4.90 Å². The normalized spacial score (nSPS) is 13.8. The molecule has 1 amide bonds. The molecule has 0 saturated heterocycles. The van der Waals surface area contributed by atoms with Crippen LogP contribution in [0.1, 0.15) is 18.6 Å². The minimum atomic E-state index is 0.00170. The third kappa shape index (κ3) is 3.13. The lowest BCUT2D eigenvalue weighted by Gasteiger charge is -2.21. The predicted octanol–water partition coefficient (Wildman–Crippen LogP) is 4.00. The van der Waals surface area contributed by atoms with Gasteiger partial charge in [0, 0.05) is 11.4 Å². The number of amides is 1. The SMILES string of the molecule is O=C(COc1cccc2ccccc12)N(Cc1ccco1)C1CC1. The van der Waals surface area contributed by atoms with E-state index >= 15 is 0 Å². The number of carbonyl (C=O) groups excluding carboxylic acids is 1. The highest BCUT2D eigenvalue weighted by atomic mass is 16.5. The average Bonchev–Trinajstić information content (AvgIpc) is 3.33. The predicted molar refractivity (Wildman–Crippen MR) is 91.7 cm³/mol. The zero-order valence-corrected chi connectivity index (χ0v) is 13.4. The average molecular weight is 321 g/mol. The van der Waals surface area contributed by atoms with Crippen molar-refractivity contribution in [2.24, 2.45) is 0 Å². The summed E-state index contributed by atoms with van der Waals surface area (Å²) in [5.74, 6) is 1.55. The van der Waals surface area contributed by atoms with E-state index in [4.69, 9.17) is 9.15 Å². The first-order valence-electron chi connectivity index (χ1n) is 8.24. The van der Waals surface area contributed by atoms with E-state index in [1.807, 2.05) is 59.5 Å². The Hall–Kier alpha value is -2.75. The molecule has 0 unspecified atom stereocenters. The summed E-state index contributed by atoms with van der Waals surface area (Å²) in [5.41, 5.74) is 0. The van der Waals surface area contributed by atoms with Crippen LogP contribution < -0.4 is 4.74 Å². The molecular weight excluding hydrogens is 302 g/mol. The summed E-state index contributed by atoms with van der Waals surface area (Å²) in [6.45, 7) is 0.556. The Labute approximate surface area is 140 Å². The van der Waals surface area contributed by atoms with E-state index in [1.54, 1.807) is 6.26 Å². The molecular formula is C20H19NO3. The molecule has 0 radical (unpaired) electrons. The molecule has 0 bridgehead atoms. The maximum absolute atomic E-state index is 12.6. The summed E-state index contributed by atoms with van der Waals surface area (Å²) >= 11 is 0. The quantitative estimate of drug-likeness (QED) is 0.689. The second kappa shape index (κ2) is 6.40. The number of hydrogen-bond acceptors (Lipinski definition) is 3. The van der Waals surface area contributed by atoms with E-state index in [0.717, 1.165) is 35.1 Å². The number of nitrogens with zero attached hydrogens (tertiary/aromatic N) is 1. The lowest BCUT2D eigenvalue weighted by molar-refractivity contribution is -0.134. The van der Waals surface area contributed by atoms with Crippen LogP contribution in [0.2, 0.25) is 0 Å². The fourth-order valence-corrected chi connectivity index (χ4v) is 2.92. The Balaban J connectivity index is 1.46. The minimum Gasteiger partial charge on any atom is -0.483 e. The topological polar surface area (TPSA) is 42.7 Å². The third-order valence-electron chi connectivity index (χ3n) is 4.32. The van der Waals surface area contributed by atoms with E-state index < -0.39 is 0 Å². The molecule has 1 aromatic heterocycles. The van der Waals surface area contributed by atoms with Crippen LogP contribution in [0.4, 0.5) is 0 Å². The lowest BCUT2D eigenvalue weighted by Crippen LogP contribution is -2.36. The molecule has 1 saturated carbocycles. The third-order valence-corrected chi connectivity index (χ3v) is 4.32. The van der Waals surface area contributed by atoms with Crippen molar-refractivity contribution in [2.45, 2.75) is 25.4 Å². The number of carbonyl (C=O) groups is 1. The van der Waals surface area contributed by atoms with Gasteiger partial charge in [0.15, 0.2) is 6.61 Å². The minimum absolute atomic E-state index is 0.00170. The summed E-state index contributed by atoms with van der Waals surface area (Å²) in [4.78, 5) is 14.5. The van der Waals surface area contributed by atoms with Crippen molar-refractivity contribution in [3.8, 4) is 5.75 Å². The highest BCUT2D eigenvalue weighted by Gasteiger charge is 2.33. The molecule has 0 N–H and O–H groups in total. The van der Waals surface area contributed by atoms with Gasteiger partial charge in [-0.2, -0.15) is 0 Å². The molecule has 2 aromatic carbocycles. The first-order chi connectivity index (χ1) is 11.8. The van der Waals surface area contributed by atoms with Gasteiger partial charge in [-0.25, -0.2) is 0 Å². The largest absolute Gasteiger partial charge is 0.483 e. The van der Waals surface area contributed by atoms with E-state index in [2.05, 4.69) is 0 Å². The van der Waals surface area contributed by atoms with Crippen LogP contribution in [0.5, 0.6) is 5.75 Å². The highest BCUT2D eigenvalue weighted by molar-refractivity contribution is 5.88. The Morgan fingerprint density at radius 1 is 1.08 bits per heavy atom. The standard InChI is InChI=1S/C20H19NO3/c22-20(21(16-10-11-16)13-17-7-4-12-23-17)14-24-19-9-3-6-15-5-1-2-8-18(15)19/h1-9,12,16H,10-11,13-14H2. The molecule has 24 heavy (non-hydrogen) atoms. The molecule has 1 fully saturated rings. The fourth-order valence-electron chi connectivity index (χ4n) is 2.92. The van der Waals surface area contributed by atoms with Gasteiger partial charge in [-0.05, 0) is 36.4 Å². The molecule has 4 heteroatoms. The monoisotopic (exact) mass is 321 g/mol. The molecule has 1 aliphatic rings. The van der Waals surface area contributed by atoms with Crippen LogP contribution in [0.25, 0.3) is 10.8 Å². The lowest BCUT2D eigenvalue weighted by atomic mass is 10.1. The Kier molecular flexibility index (Phi) is 3.95. The van der Waals surface area contributed by atoms with Gasteiger partial charge in [-0.1, -0.05) is 36.4 Å². The van der Waals surface area contributed by atoms with Gasteiger partial charge in [0.25, 0.3) is 5.91 Å². The van der Waals surface area contributed by atoms with Crippen molar-refractivity contribution in [1.29, 1.82) is 0 Å². The van der Waals surface area contributed by atoms with Crippen molar-refractivity contribution in [2.75, 3.05) is 6.61 Å². The van der Waals surface area contributed by atoms with Crippen LogP contribution >= 0.6 is 0 Å². The van der Waals surface area contributed by atoms with Gasteiger partial charge in [0.1, 0.15) is 11.5 Å². The van der Waals surface area contributed by atoms with Gasteiger partial charge < -0.3 is 14.1 Å². The number of furan rings is 1. The van der Waals surface area contributed by atoms with Crippen molar-refractivity contribution < 1.29 is 13.9 Å². The zero-order chi connectivity index (χ0) is 16.4. The van der Waals surface area contributed by atoms with Crippen LogP contribution in [0.15, 0.2) is 65.3 Å². The molecule has 0 spiro atoms. The molecule has 4 rings (SSSR count). The van der Waals surface area contributed by atoms with Gasteiger partial charge in [-0.15, -0.1) is 0 Å². The van der Waals surface area contributed by atoms with E-state index in [1.165, 1.54) is 0 Å². The summed E-state index contributed by atoms with van der Waals surface area (Å²) in [6, 6.07) is 18.0. The first kappa shape index (κ1) is 14.8. The van der Waals surface area contributed by atoms with Gasteiger partial charge in [-0.3, -0.25) is 4.79 Å². The van der Waals surface area contributed by atoms with E-state index in [-0.39, 0.29) is 12.5 Å². The van der Waals surface area contributed by atoms with Crippen molar-refractivity contribution in [3.05, 3.63) is 66.6 Å². The van der Waals surface area contributed by atoms with Crippen LogP contribution in [0, 0.1) is 0 Å². The molecule has 0 aliphatic heterocycles. The van der Waals surface area contributed by atoms with E-state index in [9.17, 15) is 4.79 Å². The number of fused-ring (bicyclic) bond motifs is 1. The summed E-state index contributed by atoms with van der Waals surface area (Å²) < 4.78 is 11.2. The maximum atomic E-state index is 12.6. The van der Waals surface area contributed by atoms with E-state index in [0.29, 0.717) is 12.6 Å². The maximum Gasteiger partial charge on any atom is 0.261 e. The van der Waals surface area contributed by atoms with Crippen molar-refractivity contribution >= 4 is 16.7 Å². The summed E-state index contributed by atoms with van der Waals surface area (Å²) in [6.07, 6.45) is 3.75. The number of ether oxygens (including phenoxy) is 1. The second-order valence-electron chi connectivity index (χ2n) is 6.10. The highest BCUT2D eigenvalue weighted by Crippen LogP contribution is 2.29. The molecule has 0 atom stereocenters. The second-order valence-corrected chi connectivity index (χ2v) is 6.10. The van der Waals surface area contributed by atoms with Crippen LogP contribution in [0.3, 0.4) is 0 Å². The van der Waals surface area contributed by atoms with Gasteiger partial charge in [0.05, 0.1) is 12.8 Å². The first-order valence-corrected chi connectivity index (χ1v) is 8.24. The Morgan fingerprint density at radius 3 is 2.71 bits per heavy atom. The van der Waals surface area contributed by atoms with Crippen LogP contribution in [-0.4, -0.2) is 23.5 Å². The van der Waals surface area contributed by atoms with Gasteiger partial charge in [0.2, 0.25) is 0 Å². The summed E-state index contributed by atoms with van der Waals surface area (Å²) in [7, 11) is 0. The number of hydrogen-bond donors (Lipinski definition) is 0. The van der Waals surface area contributed by atoms with Crippen molar-refractivity contribution in [3.63, 3.8) is 0 Å². The fraction of sp³-hybridized carbons (Fsp3) is 0.250. The molecule has 4 nitrogen and oxygen atoms in total. The number of benzene rings is 2. The number of rotatable bonds is 6. The summed E-state index contributed by atoms with van der Waals surface area (Å²) in [5, 5.41) is 2.13. The molecule has 122 valence electrons. The molecule has 1 heterocycles. The van der Waals surface area contributed by atoms with Crippen LogP contribution in [-0.2, 0) is 11.3 Å².